The van der Waals surface area contributed by atoms with Gasteiger partial charge in [-0.1, -0.05) is 60.3 Å². The Morgan fingerprint density at radius 3 is 2.50 bits per heavy atom. The van der Waals surface area contributed by atoms with Crippen molar-refractivity contribution in [1.82, 2.24) is 20.2 Å². The number of carbonyl (C=O) groups excluding carboxylic acids is 1. The molecular weight excluding hydrogens is 418 g/mol. The zero-order valence-corrected chi connectivity index (χ0v) is 17.9. The highest BCUT2D eigenvalue weighted by Gasteiger charge is 2.19. The van der Waals surface area contributed by atoms with Crippen molar-refractivity contribution in [3.05, 3.63) is 97.3 Å². The third-order valence-electron chi connectivity index (χ3n) is 4.98. The van der Waals surface area contributed by atoms with E-state index in [9.17, 15) is 4.79 Å². The summed E-state index contributed by atoms with van der Waals surface area (Å²) in [5.41, 5.74) is 2.49. The molecule has 1 amide bonds. The number of nitrogens with one attached hydrogen (secondary N) is 1. The average Bonchev–Trinajstić information content (AvgIpc) is 3.33. The summed E-state index contributed by atoms with van der Waals surface area (Å²) in [5.74, 6) is 0.776. The molecule has 7 heteroatoms. The van der Waals surface area contributed by atoms with Gasteiger partial charge in [0.2, 0.25) is 11.1 Å². The first-order chi connectivity index (χ1) is 15.8. The van der Waals surface area contributed by atoms with Crippen LogP contribution < -0.4 is 4.90 Å². The first-order valence-electron chi connectivity index (χ1n) is 10.1. The van der Waals surface area contributed by atoms with Gasteiger partial charge < -0.3 is 0 Å². The Labute approximate surface area is 189 Å². The second-order valence-electron chi connectivity index (χ2n) is 7.09. The number of aromatic nitrogens is 4. The van der Waals surface area contributed by atoms with Gasteiger partial charge in [-0.2, -0.15) is 0 Å². The average molecular weight is 438 g/mol. The maximum absolute atomic E-state index is 13.4. The maximum Gasteiger partial charge on any atom is 0.242 e. The van der Waals surface area contributed by atoms with E-state index in [1.807, 2.05) is 72.8 Å². The van der Waals surface area contributed by atoms with Crippen LogP contribution in [0.3, 0.4) is 0 Å². The lowest BCUT2D eigenvalue weighted by molar-refractivity contribution is -0.115. The van der Waals surface area contributed by atoms with Gasteiger partial charge in [-0.25, -0.2) is 4.98 Å². The van der Waals surface area contributed by atoms with Crippen LogP contribution in [0.1, 0.15) is 0 Å². The minimum absolute atomic E-state index is 0.0517. The summed E-state index contributed by atoms with van der Waals surface area (Å²) in [6.45, 7) is 0. The van der Waals surface area contributed by atoms with Crippen LogP contribution in [0.4, 0.5) is 11.4 Å². The predicted octanol–water partition coefficient (Wildman–Crippen LogP) is 5.48. The highest BCUT2D eigenvalue weighted by molar-refractivity contribution is 7.99. The number of fused-ring (bicyclic) bond motifs is 1. The van der Waals surface area contributed by atoms with E-state index in [-0.39, 0.29) is 11.7 Å². The summed E-state index contributed by atoms with van der Waals surface area (Å²) >= 11 is 1.30. The molecule has 0 saturated carbocycles. The molecule has 5 aromatic rings. The summed E-state index contributed by atoms with van der Waals surface area (Å²) in [6, 6.07) is 27.6. The van der Waals surface area contributed by atoms with E-state index in [2.05, 4.69) is 32.3 Å². The van der Waals surface area contributed by atoms with Gasteiger partial charge in [-0.05, 0) is 47.2 Å². The van der Waals surface area contributed by atoms with Crippen LogP contribution in [0.2, 0.25) is 0 Å². The molecule has 0 atom stereocenters. The molecule has 0 unspecified atom stereocenters. The highest BCUT2D eigenvalue weighted by atomic mass is 32.2. The molecule has 6 nitrogen and oxygen atoms in total. The molecule has 5 rings (SSSR count). The number of nitrogens with zero attached hydrogens (tertiary/aromatic N) is 4. The molecule has 0 aliphatic heterocycles. The molecule has 0 spiro atoms. The van der Waals surface area contributed by atoms with E-state index in [0.29, 0.717) is 11.0 Å². The number of para-hydroxylation sites is 1. The van der Waals surface area contributed by atoms with Crippen molar-refractivity contribution in [2.75, 3.05) is 10.7 Å². The molecule has 3 aromatic carbocycles. The van der Waals surface area contributed by atoms with E-state index < -0.39 is 0 Å². The fourth-order valence-electron chi connectivity index (χ4n) is 3.46. The summed E-state index contributed by atoms with van der Waals surface area (Å²) in [6.07, 6.45) is 3.43. The highest BCUT2D eigenvalue weighted by Crippen LogP contribution is 2.30. The molecule has 0 bridgehead atoms. The largest absolute Gasteiger partial charge is 0.280 e. The summed E-state index contributed by atoms with van der Waals surface area (Å²) < 4.78 is 0. The standard InChI is InChI=1S/C25H19N5OS/c31-23(17-32-25-27-24(28-29-25)20-9-6-14-26-16-20)30(21-10-2-1-3-11-21)22-13-12-18-7-4-5-8-19(18)15-22/h1-16H,17H2,(H,27,28,29). The SMILES string of the molecule is O=C(CSc1n[nH]c(-c2cccnc2)n1)N(c1ccccc1)c1ccc2ccccc2c1. The number of benzene rings is 3. The van der Waals surface area contributed by atoms with Crippen LogP contribution in [0.15, 0.2) is 102 Å². The van der Waals surface area contributed by atoms with Gasteiger partial charge in [0.25, 0.3) is 0 Å². The van der Waals surface area contributed by atoms with Crippen molar-refractivity contribution >= 4 is 39.8 Å². The van der Waals surface area contributed by atoms with Gasteiger partial charge in [0.1, 0.15) is 0 Å². The molecule has 1 N–H and O–H groups in total. The summed E-state index contributed by atoms with van der Waals surface area (Å²) in [7, 11) is 0. The maximum atomic E-state index is 13.4. The normalized spacial score (nSPS) is 10.9. The van der Waals surface area contributed by atoms with Crippen molar-refractivity contribution in [2.45, 2.75) is 5.16 Å². The van der Waals surface area contributed by atoms with Crippen molar-refractivity contribution in [2.24, 2.45) is 0 Å². The lowest BCUT2D eigenvalue weighted by Crippen LogP contribution is -2.27. The van der Waals surface area contributed by atoms with Crippen LogP contribution in [0, 0.1) is 0 Å². The van der Waals surface area contributed by atoms with Crippen molar-refractivity contribution in [3.8, 4) is 11.4 Å². The minimum atomic E-state index is -0.0517. The zero-order chi connectivity index (χ0) is 21.8. The Balaban J connectivity index is 1.39. The van der Waals surface area contributed by atoms with Gasteiger partial charge in [-0.3, -0.25) is 19.8 Å². The minimum Gasteiger partial charge on any atom is -0.280 e. The van der Waals surface area contributed by atoms with Gasteiger partial charge in [-0.15, -0.1) is 5.10 Å². The van der Waals surface area contributed by atoms with Crippen LogP contribution in [0.25, 0.3) is 22.2 Å². The fraction of sp³-hybridized carbons (Fsp3) is 0.0400. The second kappa shape index (κ2) is 9.03. The monoisotopic (exact) mass is 437 g/mol. The Bertz CT molecular complexity index is 1350. The number of hydrogen-bond donors (Lipinski definition) is 1. The van der Waals surface area contributed by atoms with Crippen molar-refractivity contribution < 1.29 is 4.79 Å². The zero-order valence-electron chi connectivity index (χ0n) is 17.1. The Kier molecular flexibility index (Phi) is 5.63. The number of thioether (sulfide) groups is 1. The van der Waals surface area contributed by atoms with Crippen LogP contribution in [-0.4, -0.2) is 31.8 Å². The number of H-pyrrole nitrogens is 1. The van der Waals surface area contributed by atoms with Crippen molar-refractivity contribution in [3.63, 3.8) is 0 Å². The van der Waals surface area contributed by atoms with E-state index >= 15 is 0 Å². The summed E-state index contributed by atoms with van der Waals surface area (Å²) in [4.78, 5) is 23.7. The van der Waals surface area contributed by atoms with E-state index in [1.165, 1.54) is 11.8 Å². The van der Waals surface area contributed by atoms with E-state index in [0.717, 1.165) is 27.7 Å². The Morgan fingerprint density at radius 1 is 0.875 bits per heavy atom. The van der Waals surface area contributed by atoms with Crippen LogP contribution in [0.5, 0.6) is 0 Å². The molecule has 156 valence electrons. The number of aromatic amines is 1. The molecule has 0 aliphatic carbocycles. The number of carbonyl (C=O) groups is 1. The smallest absolute Gasteiger partial charge is 0.242 e. The van der Waals surface area contributed by atoms with Crippen LogP contribution in [-0.2, 0) is 4.79 Å². The quantitative estimate of drug-likeness (QED) is 0.356. The third kappa shape index (κ3) is 4.24. The summed E-state index contributed by atoms with van der Waals surface area (Å²) in [5, 5.41) is 9.89. The molecule has 2 heterocycles. The lowest BCUT2D eigenvalue weighted by atomic mass is 10.1. The van der Waals surface area contributed by atoms with Gasteiger partial charge in [0, 0.05) is 29.3 Å². The molecule has 0 saturated heterocycles. The van der Waals surface area contributed by atoms with Crippen molar-refractivity contribution in [1.29, 1.82) is 0 Å². The molecule has 0 fully saturated rings. The number of rotatable bonds is 6. The van der Waals surface area contributed by atoms with E-state index in [4.69, 9.17) is 0 Å². The second-order valence-corrected chi connectivity index (χ2v) is 8.04. The van der Waals surface area contributed by atoms with Gasteiger partial charge in [0.05, 0.1) is 5.75 Å². The predicted molar refractivity (Wildman–Crippen MR) is 128 cm³/mol. The van der Waals surface area contributed by atoms with Crippen LogP contribution >= 0.6 is 11.8 Å². The number of anilines is 2. The molecule has 0 radical (unpaired) electrons. The number of pyridine rings is 1. The van der Waals surface area contributed by atoms with E-state index in [1.54, 1.807) is 17.3 Å². The topological polar surface area (TPSA) is 74.8 Å². The third-order valence-corrected chi connectivity index (χ3v) is 5.81. The first kappa shape index (κ1) is 20.0. The Morgan fingerprint density at radius 2 is 1.69 bits per heavy atom. The number of hydrogen-bond acceptors (Lipinski definition) is 5. The molecule has 0 aliphatic rings. The fourth-order valence-corrected chi connectivity index (χ4v) is 4.11. The first-order valence-corrected chi connectivity index (χ1v) is 11.1. The molecule has 2 aromatic heterocycles. The Hall–Kier alpha value is -3.97. The van der Waals surface area contributed by atoms with Gasteiger partial charge in [0.15, 0.2) is 5.82 Å². The molecule has 32 heavy (non-hydrogen) atoms. The van der Waals surface area contributed by atoms with Gasteiger partial charge >= 0.3 is 0 Å². The molecular formula is C25H19N5OS. The number of amides is 1. The lowest BCUT2D eigenvalue weighted by Gasteiger charge is -2.23.